The predicted molar refractivity (Wildman–Crippen MR) is 127 cm³/mol. The van der Waals surface area contributed by atoms with E-state index in [9.17, 15) is 14.4 Å². The van der Waals surface area contributed by atoms with E-state index in [-0.39, 0.29) is 23.1 Å². The monoisotopic (exact) mass is 441 g/mol. The van der Waals surface area contributed by atoms with Crippen LogP contribution in [0.15, 0.2) is 46.0 Å². The number of hydrogen-bond donors (Lipinski definition) is 1. The number of rotatable bonds is 9. The molecule has 1 fully saturated rings. The smallest absolute Gasteiger partial charge is 0.332 e. The number of piperidine rings is 1. The van der Waals surface area contributed by atoms with E-state index in [1.807, 2.05) is 30.0 Å². The van der Waals surface area contributed by atoms with Gasteiger partial charge in [0.2, 0.25) is 5.91 Å². The summed E-state index contributed by atoms with van der Waals surface area (Å²) >= 11 is 0. The number of carbonyl (C=O) groups is 1. The third-order valence-corrected chi connectivity index (χ3v) is 6.12. The Hall–Kier alpha value is -2.87. The van der Waals surface area contributed by atoms with E-state index in [4.69, 9.17) is 0 Å². The van der Waals surface area contributed by atoms with Crippen LogP contribution in [0.5, 0.6) is 0 Å². The molecule has 32 heavy (non-hydrogen) atoms. The minimum Gasteiger partial charge on any atom is -0.357 e. The first-order valence-electron chi connectivity index (χ1n) is 11.5. The van der Waals surface area contributed by atoms with Gasteiger partial charge in [0.1, 0.15) is 5.82 Å². The summed E-state index contributed by atoms with van der Waals surface area (Å²) in [4.78, 5) is 41.7. The Bertz CT molecular complexity index is 1010. The van der Waals surface area contributed by atoms with Gasteiger partial charge in [-0.2, -0.15) is 0 Å². The summed E-state index contributed by atoms with van der Waals surface area (Å²) in [6.45, 7) is 6.06. The van der Waals surface area contributed by atoms with Crippen molar-refractivity contribution in [1.29, 1.82) is 0 Å². The van der Waals surface area contributed by atoms with Gasteiger partial charge in [-0.15, -0.1) is 0 Å². The molecule has 174 valence electrons. The Morgan fingerprint density at radius 2 is 1.97 bits per heavy atom. The Morgan fingerprint density at radius 3 is 2.69 bits per heavy atom. The van der Waals surface area contributed by atoms with E-state index in [1.165, 1.54) is 18.7 Å². The summed E-state index contributed by atoms with van der Waals surface area (Å²) in [5.41, 5.74) is 0.643. The molecule has 2 aromatic rings. The standard InChI is InChI=1S/C24H35N5O3/c1-4-29-21(16-22(30)27(3)24(29)32)28-15-8-12-20(18-28)23(31)25-13-9-14-26(2)17-19-10-6-5-7-11-19/h5-7,10-11,16,20H,4,8-9,12-15,17-18H2,1-3H3,(H,25,31). The molecule has 8 nitrogen and oxygen atoms in total. The van der Waals surface area contributed by atoms with E-state index in [2.05, 4.69) is 29.4 Å². The molecule has 2 heterocycles. The molecule has 0 bridgehead atoms. The fourth-order valence-corrected chi connectivity index (χ4v) is 4.30. The number of hydrogen-bond acceptors (Lipinski definition) is 5. The average Bonchev–Trinajstić information content (AvgIpc) is 2.80. The molecule has 0 saturated carbocycles. The zero-order chi connectivity index (χ0) is 23.1. The topological polar surface area (TPSA) is 79.6 Å². The van der Waals surface area contributed by atoms with Gasteiger partial charge < -0.3 is 15.1 Å². The Labute approximate surface area is 189 Å². The fourth-order valence-electron chi connectivity index (χ4n) is 4.30. The van der Waals surface area contributed by atoms with Crippen LogP contribution in [0.3, 0.4) is 0 Å². The predicted octanol–water partition coefficient (Wildman–Crippen LogP) is 1.42. The van der Waals surface area contributed by atoms with Gasteiger partial charge in [0.25, 0.3) is 5.56 Å². The molecular formula is C24H35N5O3. The van der Waals surface area contributed by atoms with Crippen molar-refractivity contribution in [3.05, 3.63) is 62.8 Å². The summed E-state index contributed by atoms with van der Waals surface area (Å²) < 4.78 is 2.72. The molecule has 1 aliphatic heterocycles. The highest BCUT2D eigenvalue weighted by Crippen LogP contribution is 2.22. The van der Waals surface area contributed by atoms with Gasteiger partial charge >= 0.3 is 5.69 Å². The molecule has 0 radical (unpaired) electrons. The van der Waals surface area contributed by atoms with Gasteiger partial charge in [-0.25, -0.2) is 4.79 Å². The molecule has 1 aliphatic rings. The first kappa shape index (κ1) is 23.8. The quantitative estimate of drug-likeness (QED) is 0.596. The van der Waals surface area contributed by atoms with Crippen molar-refractivity contribution in [2.45, 2.75) is 39.3 Å². The summed E-state index contributed by atoms with van der Waals surface area (Å²) in [6, 6.07) is 11.9. The number of carbonyl (C=O) groups excluding carboxylic acids is 1. The van der Waals surface area contributed by atoms with E-state index >= 15 is 0 Å². The zero-order valence-corrected chi connectivity index (χ0v) is 19.4. The van der Waals surface area contributed by atoms with Crippen molar-refractivity contribution in [3.63, 3.8) is 0 Å². The van der Waals surface area contributed by atoms with Gasteiger partial charge in [0.15, 0.2) is 0 Å². The lowest BCUT2D eigenvalue weighted by atomic mass is 9.97. The largest absolute Gasteiger partial charge is 0.357 e. The lowest BCUT2D eigenvalue weighted by molar-refractivity contribution is -0.125. The molecule has 1 N–H and O–H groups in total. The maximum absolute atomic E-state index is 12.8. The van der Waals surface area contributed by atoms with Crippen molar-refractivity contribution in [2.24, 2.45) is 13.0 Å². The number of nitrogens with one attached hydrogen (secondary N) is 1. The SMILES string of the molecule is CCn1c(N2CCCC(C(=O)NCCCN(C)Cc3ccccc3)C2)cc(=O)n(C)c1=O. The van der Waals surface area contributed by atoms with Crippen LogP contribution in [0.1, 0.15) is 31.7 Å². The molecule has 0 spiro atoms. The molecule has 1 atom stereocenters. The fraction of sp³-hybridized carbons (Fsp3) is 0.542. The van der Waals surface area contributed by atoms with Crippen LogP contribution < -0.4 is 21.5 Å². The van der Waals surface area contributed by atoms with Gasteiger partial charge in [-0.3, -0.25) is 18.7 Å². The maximum Gasteiger partial charge on any atom is 0.332 e. The molecule has 3 rings (SSSR count). The number of anilines is 1. The lowest BCUT2D eigenvalue weighted by Crippen LogP contribution is -2.47. The molecule has 1 unspecified atom stereocenters. The second kappa shape index (κ2) is 11.1. The number of aromatic nitrogens is 2. The normalized spacial score (nSPS) is 16.4. The summed E-state index contributed by atoms with van der Waals surface area (Å²) in [7, 11) is 3.58. The van der Waals surface area contributed by atoms with Crippen molar-refractivity contribution >= 4 is 11.7 Å². The van der Waals surface area contributed by atoms with Crippen LogP contribution in [-0.4, -0.2) is 53.2 Å². The van der Waals surface area contributed by atoms with Crippen molar-refractivity contribution in [3.8, 4) is 0 Å². The summed E-state index contributed by atoms with van der Waals surface area (Å²) in [5, 5.41) is 3.08. The van der Waals surface area contributed by atoms with Crippen LogP contribution in [0.2, 0.25) is 0 Å². The Balaban J connectivity index is 1.51. The molecule has 8 heteroatoms. The molecule has 1 aromatic heterocycles. The zero-order valence-electron chi connectivity index (χ0n) is 19.4. The van der Waals surface area contributed by atoms with Gasteiger partial charge in [-0.1, -0.05) is 30.3 Å². The van der Waals surface area contributed by atoms with Gasteiger partial charge in [0, 0.05) is 45.8 Å². The van der Waals surface area contributed by atoms with Crippen LogP contribution in [0.25, 0.3) is 0 Å². The third kappa shape index (κ3) is 5.88. The molecule has 1 saturated heterocycles. The van der Waals surface area contributed by atoms with E-state index in [1.54, 1.807) is 4.57 Å². The van der Waals surface area contributed by atoms with E-state index in [0.29, 0.717) is 25.5 Å². The minimum absolute atomic E-state index is 0.0506. The van der Waals surface area contributed by atoms with Crippen LogP contribution in [-0.2, 0) is 24.9 Å². The van der Waals surface area contributed by atoms with Crippen molar-refractivity contribution < 1.29 is 4.79 Å². The highest BCUT2D eigenvalue weighted by molar-refractivity contribution is 5.79. The highest BCUT2D eigenvalue weighted by Gasteiger charge is 2.27. The van der Waals surface area contributed by atoms with Crippen LogP contribution in [0.4, 0.5) is 5.82 Å². The summed E-state index contributed by atoms with van der Waals surface area (Å²) in [6.07, 6.45) is 2.55. The number of nitrogens with zero attached hydrogens (tertiary/aromatic N) is 4. The van der Waals surface area contributed by atoms with Gasteiger partial charge in [0.05, 0.1) is 5.92 Å². The third-order valence-electron chi connectivity index (χ3n) is 6.12. The molecular weight excluding hydrogens is 406 g/mol. The first-order chi connectivity index (χ1) is 15.4. The number of amides is 1. The van der Waals surface area contributed by atoms with E-state index in [0.717, 1.165) is 43.5 Å². The second-order valence-corrected chi connectivity index (χ2v) is 8.58. The molecule has 0 aliphatic carbocycles. The maximum atomic E-state index is 12.8. The Kier molecular flexibility index (Phi) is 8.27. The minimum atomic E-state index is -0.319. The summed E-state index contributed by atoms with van der Waals surface area (Å²) in [5.74, 6) is 0.519. The number of benzene rings is 1. The second-order valence-electron chi connectivity index (χ2n) is 8.58. The highest BCUT2D eigenvalue weighted by atomic mass is 16.2. The van der Waals surface area contributed by atoms with Crippen molar-refractivity contribution in [1.82, 2.24) is 19.4 Å². The lowest BCUT2D eigenvalue weighted by Gasteiger charge is -2.34. The van der Waals surface area contributed by atoms with Crippen molar-refractivity contribution in [2.75, 3.05) is 38.1 Å². The molecule has 1 amide bonds. The first-order valence-corrected chi connectivity index (χ1v) is 11.5. The average molecular weight is 442 g/mol. The van der Waals surface area contributed by atoms with Crippen LogP contribution >= 0.6 is 0 Å². The van der Waals surface area contributed by atoms with E-state index < -0.39 is 0 Å². The molecule has 1 aromatic carbocycles. The Morgan fingerprint density at radius 1 is 1.22 bits per heavy atom. The van der Waals surface area contributed by atoms with Crippen LogP contribution in [0, 0.1) is 5.92 Å². The van der Waals surface area contributed by atoms with Gasteiger partial charge in [-0.05, 0) is 45.3 Å².